The van der Waals surface area contributed by atoms with Crippen LogP contribution in [0.15, 0.2) is 0 Å². The van der Waals surface area contributed by atoms with E-state index in [1.807, 2.05) is 11.4 Å². The fourth-order valence-corrected chi connectivity index (χ4v) is 2.31. The largest absolute Gasteiger partial charge is 0.369 e. The highest BCUT2D eigenvalue weighted by Gasteiger charge is 2.19. The number of anilines is 1. The number of rotatable bonds is 3. The van der Waals surface area contributed by atoms with E-state index in [2.05, 4.69) is 27.3 Å². The molecular formula is C12H17N5. The van der Waals surface area contributed by atoms with Gasteiger partial charge in [0.1, 0.15) is 5.82 Å². The average Bonchev–Trinajstić information content (AvgIpc) is 2.91. The van der Waals surface area contributed by atoms with Crippen molar-refractivity contribution in [2.24, 2.45) is 0 Å². The van der Waals surface area contributed by atoms with Crippen molar-refractivity contribution in [1.82, 2.24) is 19.6 Å². The molecule has 0 saturated heterocycles. The van der Waals surface area contributed by atoms with Gasteiger partial charge in [-0.15, -0.1) is 5.10 Å². The Balaban J connectivity index is 2.10. The minimum absolute atomic E-state index is 0.724. The van der Waals surface area contributed by atoms with Crippen LogP contribution < -0.4 is 5.32 Å². The van der Waals surface area contributed by atoms with Gasteiger partial charge in [0.05, 0.1) is 0 Å². The fraction of sp³-hybridized carbons (Fsp3) is 0.583. The Morgan fingerprint density at radius 2 is 2.24 bits per heavy atom. The van der Waals surface area contributed by atoms with E-state index in [1.54, 1.807) is 0 Å². The van der Waals surface area contributed by atoms with Gasteiger partial charge in [0.25, 0.3) is 5.78 Å². The van der Waals surface area contributed by atoms with Crippen LogP contribution in [0.5, 0.6) is 0 Å². The molecule has 5 nitrogen and oxygen atoms in total. The minimum atomic E-state index is 0.724. The van der Waals surface area contributed by atoms with E-state index in [9.17, 15) is 0 Å². The van der Waals surface area contributed by atoms with Crippen LogP contribution in [-0.4, -0.2) is 26.1 Å². The third-order valence-electron chi connectivity index (χ3n) is 3.26. The van der Waals surface area contributed by atoms with Gasteiger partial charge in [0.2, 0.25) is 0 Å². The number of aromatic nitrogens is 4. The second-order valence-corrected chi connectivity index (χ2v) is 4.54. The summed E-state index contributed by atoms with van der Waals surface area (Å²) in [6, 6.07) is 0. The lowest BCUT2D eigenvalue weighted by Crippen LogP contribution is -2.02. The molecule has 17 heavy (non-hydrogen) atoms. The molecule has 90 valence electrons. The Kier molecular flexibility index (Phi) is 2.46. The predicted octanol–water partition coefficient (Wildman–Crippen LogP) is 1.74. The summed E-state index contributed by atoms with van der Waals surface area (Å²) < 4.78 is 1.86. The van der Waals surface area contributed by atoms with Gasteiger partial charge in [0, 0.05) is 24.2 Å². The van der Waals surface area contributed by atoms with Gasteiger partial charge in [-0.2, -0.15) is 9.50 Å². The molecule has 0 bridgehead atoms. The number of aryl methyl sites for hydroxylation is 2. The summed E-state index contributed by atoms with van der Waals surface area (Å²) in [7, 11) is 0. The van der Waals surface area contributed by atoms with E-state index >= 15 is 0 Å². The standard InChI is InChI=1S/C12H17N5/c1-3-4-5-10-15-12-14-8(2)9-6-7-13-11(9)17(12)16-10/h13H,3-7H2,1-2H3. The molecule has 3 heterocycles. The molecule has 0 unspecified atom stereocenters. The average molecular weight is 231 g/mol. The topological polar surface area (TPSA) is 55.1 Å². The van der Waals surface area contributed by atoms with Crippen LogP contribution in [0.4, 0.5) is 5.82 Å². The lowest BCUT2D eigenvalue weighted by atomic mass is 10.2. The maximum atomic E-state index is 4.54. The van der Waals surface area contributed by atoms with Gasteiger partial charge < -0.3 is 5.32 Å². The Morgan fingerprint density at radius 3 is 3.06 bits per heavy atom. The maximum Gasteiger partial charge on any atom is 0.254 e. The van der Waals surface area contributed by atoms with E-state index < -0.39 is 0 Å². The zero-order valence-electron chi connectivity index (χ0n) is 10.3. The monoisotopic (exact) mass is 231 g/mol. The molecule has 0 aromatic carbocycles. The predicted molar refractivity (Wildman–Crippen MR) is 66.3 cm³/mol. The molecule has 0 saturated carbocycles. The second-order valence-electron chi connectivity index (χ2n) is 4.54. The number of hydrogen-bond donors (Lipinski definition) is 1. The minimum Gasteiger partial charge on any atom is -0.369 e. The van der Waals surface area contributed by atoms with Crippen molar-refractivity contribution in [3.8, 4) is 0 Å². The molecule has 2 aromatic rings. The van der Waals surface area contributed by atoms with Crippen molar-refractivity contribution in [1.29, 1.82) is 0 Å². The number of nitrogens with zero attached hydrogens (tertiary/aromatic N) is 4. The molecule has 1 aliphatic heterocycles. The first kappa shape index (κ1) is 10.5. The molecule has 1 aliphatic rings. The molecule has 2 aromatic heterocycles. The highest BCUT2D eigenvalue weighted by atomic mass is 15.4. The SMILES string of the molecule is CCCCc1nc2nc(C)c3c(n2n1)NCC3. The molecule has 0 atom stereocenters. The lowest BCUT2D eigenvalue weighted by molar-refractivity contribution is 0.748. The zero-order valence-corrected chi connectivity index (χ0v) is 10.3. The third kappa shape index (κ3) is 1.66. The fourth-order valence-electron chi connectivity index (χ4n) is 2.31. The number of hydrogen-bond acceptors (Lipinski definition) is 4. The number of nitrogens with one attached hydrogen (secondary N) is 1. The van der Waals surface area contributed by atoms with Crippen molar-refractivity contribution in [2.45, 2.75) is 39.5 Å². The van der Waals surface area contributed by atoms with Gasteiger partial charge >= 0.3 is 0 Å². The molecule has 3 rings (SSSR count). The second kappa shape index (κ2) is 3.98. The van der Waals surface area contributed by atoms with E-state index in [-0.39, 0.29) is 0 Å². The van der Waals surface area contributed by atoms with Crippen LogP contribution >= 0.6 is 0 Å². The van der Waals surface area contributed by atoms with Crippen molar-refractivity contribution >= 4 is 11.6 Å². The Bertz CT molecular complexity index is 558. The van der Waals surface area contributed by atoms with Gasteiger partial charge in [-0.25, -0.2) is 4.98 Å². The molecular weight excluding hydrogens is 214 g/mol. The summed E-state index contributed by atoms with van der Waals surface area (Å²) in [5, 5.41) is 7.92. The Hall–Kier alpha value is -1.65. The van der Waals surface area contributed by atoms with Crippen LogP contribution in [0.3, 0.4) is 0 Å². The van der Waals surface area contributed by atoms with Crippen LogP contribution in [0, 0.1) is 6.92 Å². The molecule has 5 heteroatoms. The quantitative estimate of drug-likeness (QED) is 0.874. The van der Waals surface area contributed by atoms with Crippen LogP contribution in [0.2, 0.25) is 0 Å². The first-order valence-corrected chi connectivity index (χ1v) is 6.28. The first-order valence-electron chi connectivity index (χ1n) is 6.28. The molecule has 0 amide bonds. The highest BCUT2D eigenvalue weighted by molar-refractivity contribution is 5.56. The summed E-state index contributed by atoms with van der Waals surface area (Å²) in [6.45, 7) is 5.20. The molecule has 1 N–H and O–H groups in total. The molecule has 0 radical (unpaired) electrons. The van der Waals surface area contributed by atoms with E-state index in [0.29, 0.717) is 0 Å². The van der Waals surface area contributed by atoms with Gasteiger partial charge in [0.15, 0.2) is 5.82 Å². The summed E-state index contributed by atoms with van der Waals surface area (Å²) >= 11 is 0. The van der Waals surface area contributed by atoms with E-state index in [0.717, 1.165) is 48.9 Å². The van der Waals surface area contributed by atoms with Crippen molar-refractivity contribution < 1.29 is 0 Å². The lowest BCUT2D eigenvalue weighted by Gasteiger charge is -2.03. The third-order valence-corrected chi connectivity index (χ3v) is 3.26. The zero-order chi connectivity index (χ0) is 11.8. The van der Waals surface area contributed by atoms with E-state index in [4.69, 9.17) is 0 Å². The van der Waals surface area contributed by atoms with Crippen molar-refractivity contribution in [3.05, 3.63) is 17.1 Å². The maximum absolute atomic E-state index is 4.54. The normalized spacial score (nSPS) is 14.0. The molecule has 0 fully saturated rings. The Morgan fingerprint density at radius 1 is 1.35 bits per heavy atom. The molecule has 0 aliphatic carbocycles. The van der Waals surface area contributed by atoms with Crippen molar-refractivity contribution in [3.63, 3.8) is 0 Å². The molecule has 0 spiro atoms. The summed E-state index contributed by atoms with van der Waals surface area (Å²) in [5.41, 5.74) is 2.36. The summed E-state index contributed by atoms with van der Waals surface area (Å²) in [4.78, 5) is 9.01. The van der Waals surface area contributed by atoms with Gasteiger partial charge in [-0.3, -0.25) is 0 Å². The van der Waals surface area contributed by atoms with Crippen LogP contribution in [0.25, 0.3) is 5.78 Å². The van der Waals surface area contributed by atoms with Crippen LogP contribution in [-0.2, 0) is 12.8 Å². The van der Waals surface area contributed by atoms with Gasteiger partial charge in [-0.05, 0) is 19.8 Å². The summed E-state index contributed by atoms with van der Waals surface area (Å²) in [5.74, 6) is 2.71. The smallest absolute Gasteiger partial charge is 0.254 e. The Labute approximate surface area is 100 Å². The first-order chi connectivity index (χ1) is 8.29. The van der Waals surface area contributed by atoms with Crippen molar-refractivity contribution in [2.75, 3.05) is 11.9 Å². The summed E-state index contributed by atoms with van der Waals surface area (Å²) in [6.07, 6.45) is 4.27. The van der Waals surface area contributed by atoms with Gasteiger partial charge in [-0.1, -0.05) is 13.3 Å². The highest BCUT2D eigenvalue weighted by Crippen LogP contribution is 2.24. The number of unbranched alkanes of at least 4 members (excludes halogenated alkanes) is 1. The van der Waals surface area contributed by atoms with E-state index in [1.165, 1.54) is 12.0 Å². The number of fused-ring (bicyclic) bond motifs is 3. The van der Waals surface area contributed by atoms with Crippen LogP contribution in [0.1, 0.15) is 36.8 Å².